The summed E-state index contributed by atoms with van der Waals surface area (Å²) in [7, 11) is 1.81. The molecule has 0 N–H and O–H groups in total. The molecule has 3 rings (SSSR count). The van der Waals surface area contributed by atoms with Crippen LogP contribution in [0.5, 0.6) is 0 Å². The van der Waals surface area contributed by atoms with Crippen LogP contribution in [0.4, 0.5) is 0 Å². The van der Waals surface area contributed by atoms with Gasteiger partial charge in [0.25, 0.3) is 0 Å². The number of benzene rings is 2. The topological polar surface area (TPSA) is 33.2 Å². The third-order valence-electron chi connectivity index (χ3n) is 3.86. The monoisotopic (exact) mass is 400 g/mol. The third kappa shape index (κ3) is 3.74. The van der Waals surface area contributed by atoms with Crippen LogP contribution in [0.1, 0.15) is 23.5 Å². The van der Waals surface area contributed by atoms with E-state index >= 15 is 0 Å². The maximum absolute atomic E-state index is 12.4. The molecule has 0 radical (unpaired) electrons. The number of hydrogen-bond donors (Lipinski definition) is 0. The summed E-state index contributed by atoms with van der Waals surface area (Å²) >= 11 is 5.06. The molecule has 122 valence electrons. The molecule has 1 atom stereocenters. The maximum Gasteiger partial charge on any atom is 0.246 e. The van der Waals surface area contributed by atoms with Gasteiger partial charge in [-0.1, -0.05) is 40.2 Å². The van der Waals surface area contributed by atoms with E-state index in [-0.39, 0.29) is 11.9 Å². The first-order valence-corrected chi connectivity index (χ1v) is 9.21. The first-order chi connectivity index (χ1) is 11.5. The quantitative estimate of drug-likeness (QED) is 0.557. The van der Waals surface area contributed by atoms with E-state index in [9.17, 15) is 4.79 Å². The zero-order chi connectivity index (χ0) is 17.1. The lowest BCUT2D eigenvalue weighted by atomic mass is 10.2. The molecule has 1 heterocycles. The predicted molar refractivity (Wildman–Crippen MR) is 104 cm³/mol. The van der Waals surface area contributed by atoms with Gasteiger partial charge in [-0.2, -0.15) is 0 Å². The van der Waals surface area contributed by atoms with Crippen LogP contribution < -0.4 is 0 Å². The Morgan fingerprint density at radius 3 is 2.79 bits per heavy atom. The Morgan fingerprint density at radius 2 is 2.04 bits per heavy atom. The minimum absolute atomic E-state index is 0.0401. The highest BCUT2D eigenvalue weighted by molar-refractivity contribution is 9.10. The highest BCUT2D eigenvalue weighted by atomic mass is 79.9. The average molecular weight is 401 g/mol. The number of hydrogen-bond acceptors (Lipinski definition) is 3. The molecule has 0 saturated carbocycles. The second-order valence-electron chi connectivity index (χ2n) is 5.53. The van der Waals surface area contributed by atoms with Crippen LogP contribution >= 0.6 is 27.3 Å². The second kappa shape index (κ2) is 7.28. The van der Waals surface area contributed by atoms with Crippen LogP contribution in [-0.4, -0.2) is 22.8 Å². The van der Waals surface area contributed by atoms with Crippen LogP contribution in [0.15, 0.2) is 59.1 Å². The van der Waals surface area contributed by atoms with Crippen molar-refractivity contribution in [3.8, 4) is 0 Å². The molecule has 3 nitrogen and oxygen atoms in total. The van der Waals surface area contributed by atoms with Crippen molar-refractivity contribution in [2.75, 3.05) is 7.05 Å². The van der Waals surface area contributed by atoms with E-state index in [2.05, 4.69) is 27.0 Å². The number of para-hydroxylation sites is 1. The summed E-state index contributed by atoms with van der Waals surface area (Å²) in [4.78, 5) is 18.8. The van der Waals surface area contributed by atoms with Crippen molar-refractivity contribution >= 4 is 49.5 Å². The third-order valence-corrected chi connectivity index (χ3v) is 5.56. The Balaban J connectivity index is 1.74. The number of nitrogens with zero attached hydrogens (tertiary/aromatic N) is 2. The first kappa shape index (κ1) is 16.9. The fraction of sp³-hybridized carbons (Fsp3) is 0.158. The van der Waals surface area contributed by atoms with Gasteiger partial charge < -0.3 is 4.90 Å². The zero-order valence-corrected chi connectivity index (χ0v) is 15.8. The van der Waals surface area contributed by atoms with Crippen molar-refractivity contribution in [2.45, 2.75) is 13.0 Å². The molecule has 0 spiro atoms. The summed E-state index contributed by atoms with van der Waals surface area (Å²) in [6, 6.07) is 15.8. The van der Waals surface area contributed by atoms with Crippen molar-refractivity contribution in [3.63, 3.8) is 0 Å². The molecule has 5 heteroatoms. The lowest BCUT2D eigenvalue weighted by molar-refractivity contribution is -0.126. The lowest BCUT2D eigenvalue weighted by Gasteiger charge is -2.21. The van der Waals surface area contributed by atoms with E-state index < -0.39 is 0 Å². The fourth-order valence-corrected chi connectivity index (χ4v) is 3.80. The summed E-state index contributed by atoms with van der Waals surface area (Å²) < 4.78 is 2.14. The summed E-state index contributed by atoms with van der Waals surface area (Å²) in [5.41, 5.74) is 1.97. The van der Waals surface area contributed by atoms with Gasteiger partial charge in [-0.05, 0) is 42.8 Å². The van der Waals surface area contributed by atoms with Crippen LogP contribution in [-0.2, 0) is 4.79 Å². The Labute approximate surface area is 153 Å². The van der Waals surface area contributed by atoms with Crippen molar-refractivity contribution in [2.24, 2.45) is 0 Å². The van der Waals surface area contributed by atoms with Crippen molar-refractivity contribution in [3.05, 3.63) is 69.7 Å². The largest absolute Gasteiger partial charge is 0.333 e. The van der Waals surface area contributed by atoms with E-state index in [0.717, 1.165) is 25.3 Å². The van der Waals surface area contributed by atoms with Gasteiger partial charge in [0.1, 0.15) is 5.01 Å². The Kier molecular flexibility index (Phi) is 5.11. The molecule has 0 aliphatic rings. The van der Waals surface area contributed by atoms with Gasteiger partial charge in [-0.25, -0.2) is 4.98 Å². The normalized spacial score (nSPS) is 12.6. The molecule has 0 bridgehead atoms. The van der Waals surface area contributed by atoms with E-state index in [1.165, 1.54) is 0 Å². The molecule has 0 aliphatic heterocycles. The van der Waals surface area contributed by atoms with Crippen molar-refractivity contribution in [1.82, 2.24) is 9.88 Å². The van der Waals surface area contributed by atoms with Crippen LogP contribution in [0.2, 0.25) is 0 Å². The van der Waals surface area contributed by atoms with Gasteiger partial charge in [0.05, 0.1) is 16.3 Å². The highest BCUT2D eigenvalue weighted by Crippen LogP contribution is 2.28. The Morgan fingerprint density at radius 1 is 1.25 bits per heavy atom. The maximum atomic E-state index is 12.4. The van der Waals surface area contributed by atoms with E-state index in [1.807, 2.05) is 62.5 Å². The molecule has 24 heavy (non-hydrogen) atoms. The number of carbonyl (C=O) groups excluding carboxylic acids is 1. The summed E-state index contributed by atoms with van der Waals surface area (Å²) in [6.07, 6.45) is 3.43. The molecule has 0 aliphatic carbocycles. The average Bonchev–Trinajstić information content (AvgIpc) is 3.02. The van der Waals surface area contributed by atoms with Crippen LogP contribution in [0.3, 0.4) is 0 Å². The molecular formula is C19H17BrN2OS. The van der Waals surface area contributed by atoms with Gasteiger partial charge in [-0.3, -0.25) is 4.79 Å². The molecule has 1 aromatic heterocycles. The van der Waals surface area contributed by atoms with Gasteiger partial charge >= 0.3 is 0 Å². The van der Waals surface area contributed by atoms with Crippen molar-refractivity contribution < 1.29 is 4.79 Å². The summed E-state index contributed by atoms with van der Waals surface area (Å²) in [5, 5.41) is 0.947. The number of thiazole rings is 1. The van der Waals surface area contributed by atoms with Gasteiger partial charge in [0, 0.05) is 17.6 Å². The van der Waals surface area contributed by atoms with Crippen LogP contribution in [0, 0.1) is 0 Å². The number of carbonyl (C=O) groups is 1. The van der Waals surface area contributed by atoms with E-state index in [1.54, 1.807) is 22.3 Å². The predicted octanol–water partition coefficient (Wildman–Crippen LogP) is 5.29. The first-order valence-electron chi connectivity index (χ1n) is 7.60. The number of aromatic nitrogens is 1. The molecule has 0 fully saturated rings. The second-order valence-corrected chi connectivity index (χ2v) is 7.51. The summed E-state index contributed by atoms with van der Waals surface area (Å²) in [6.45, 7) is 2.00. The molecule has 0 unspecified atom stereocenters. The van der Waals surface area contributed by atoms with Crippen molar-refractivity contribution in [1.29, 1.82) is 0 Å². The minimum atomic E-state index is -0.0675. The standard InChI is InChI=1S/C19H17BrN2OS/c1-13(19-21-16-8-3-4-9-17(16)24-19)22(2)18(23)11-10-14-6-5-7-15(20)12-14/h3-13H,1-2H3/b11-10+/t13-/m0/s1. The number of fused-ring (bicyclic) bond motifs is 1. The molecule has 0 saturated heterocycles. The number of likely N-dealkylation sites (N-methyl/N-ethyl adjacent to an activating group) is 1. The molecule has 3 aromatic rings. The van der Waals surface area contributed by atoms with Gasteiger partial charge in [0.15, 0.2) is 0 Å². The molecular weight excluding hydrogens is 384 g/mol. The molecule has 2 aromatic carbocycles. The number of amides is 1. The zero-order valence-electron chi connectivity index (χ0n) is 13.4. The number of halogens is 1. The Hall–Kier alpha value is -1.98. The number of rotatable bonds is 4. The fourth-order valence-electron chi connectivity index (χ4n) is 2.32. The minimum Gasteiger partial charge on any atom is -0.333 e. The van der Waals surface area contributed by atoms with E-state index in [0.29, 0.717) is 0 Å². The Bertz CT molecular complexity index is 870. The smallest absolute Gasteiger partial charge is 0.246 e. The lowest BCUT2D eigenvalue weighted by Crippen LogP contribution is -2.27. The summed E-state index contributed by atoms with van der Waals surface area (Å²) in [5.74, 6) is -0.0401. The molecule has 1 amide bonds. The van der Waals surface area contributed by atoms with Crippen LogP contribution in [0.25, 0.3) is 16.3 Å². The highest BCUT2D eigenvalue weighted by Gasteiger charge is 2.19. The van der Waals surface area contributed by atoms with E-state index in [4.69, 9.17) is 0 Å². The van der Waals surface area contributed by atoms with Gasteiger partial charge in [-0.15, -0.1) is 11.3 Å². The SMILES string of the molecule is C[C@@H](c1nc2ccccc2s1)N(C)C(=O)/C=C/c1cccc(Br)c1. The van der Waals surface area contributed by atoms with Gasteiger partial charge in [0.2, 0.25) is 5.91 Å².